The molecule has 2 rings (SSSR count). The van der Waals surface area contributed by atoms with Gasteiger partial charge in [0.1, 0.15) is 0 Å². The van der Waals surface area contributed by atoms with Crippen molar-refractivity contribution < 1.29 is 9.59 Å². The van der Waals surface area contributed by atoms with Gasteiger partial charge in [0.05, 0.1) is 0 Å². The smallest absolute Gasteiger partial charge is 0.226 e. The van der Waals surface area contributed by atoms with Gasteiger partial charge in [-0.15, -0.1) is 0 Å². The fraction of sp³-hybridized carbons (Fsp3) is 0.579. The Labute approximate surface area is 139 Å². The van der Waals surface area contributed by atoms with Crippen LogP contribution in [0.4, 0.5) is 5.69 Å². The van der Waals surface area contributed by atoms with Gasteiger partial charge in [-0.2, -0.15) is 0 Å². The highest BCUT2D eigenvalue weighted by Gasteiger charge is 2.24. The first-order valence-electron chi connectivity index (χ1n) is 8.68. The molecule has 0 radical (unpaired) electrons. The fourth-order valence-corrected chi connectivity index (χ4v) is 3.44. The predicted octanol–water partition coefficient (Wildman–Crippen LogP) is 3.68. The third kappa shape index (κ3) is 4.57. The van der Waals surface area contributed by atoms with Crippen LogP contribution < -0.4 is 5.32 Å². The van der Waals surface area contributed by atoms with E-state index in [2.05, 4.69) is 12.2 Å². The Kier molecular flexibility index (Phi) is 6.20. The molecule has 0 saturated heterocycles. The van der Waals surface area contributed by atoms with Crippen molar-refractivity contribution >= 4 is 17.5 Å². The molecule has 1 fully saturated rings. The Bertz CT molecular complexity index is 562. The lowest BCUT2D eigenvalue weighted by Crippen LogP contribution is -2.39. The highest BCUT2D eigenvalue weighted by molar-refractivity contribution is 5.92. The van der Waals surface area contributed by atoms with Crippen molar-refractivity contribution in [2.45, 2.75) is 65.3 Å². The SMILES string of the molecule is CCc1cccc(C)c1NC(=O)CCN(C(C)=O)C1CCCC1. The third-order valence-electron chi connectivity index (χ3n) is 4.75. The molecule has 0 heterocycles. The average Bonchev–Trinajstić information content (AvgIpc) is 3.03. The van der Waals surface area contributed by atoms with Crippen LogP contribution >= 0.6 is 0 Å². The summed E-state index contributed by atoms with van der Waals surface area (Å²) in [6.07, 6.45) is 5.75. The van der Waals surface area contributed by atoms with Gasteiger partial charge in [0, 0.05) is 31.6 Å². The van der Waals surface area contributed by atoms with Gasteiger partial charge in [0.25, 0.3) is 0 Å². The molecule has 1 aromatic carbocycles. The third-order valence-corrected chi connectivity index (χ3v) is 4.75. The normalized spacial score (nSPS) is 14.7. The molecule has 4 heteroatoms. The first-order chi connectivity index (χ1) is 11.0. The standard InChI is InChI=1S/C19H28N2O2/c1-4-16-9-7-8-14(2)19(16)20-18(23)12-13-21(15(3)22)17-10-5-6-11-17/h7-9,17H,4-6,10-13H2,1-3H3,(H,20,23). The number of anilines is 1. The maximum atomic E-state index is 12.3. The molecule has 126 valence electrons. The van der Waals surface area contributed by atoms with Gasteiger partial charge >= 0.3 is 0 Å². The molecular weight excluding hydrogens is 288 g/mol. The topological polar surface area (TPSA) is 49.4 Å². The Morgan fingerprint density at radius 2 is 1.96 bits per heavy atom. The first kappa shape index (κ1) is 17.5. The second-order valence-electron chi connectivity index (χ2n) is 6.41. The average molecular weight is 316 g/mol. The lowest BCUT2D eigenvalue weighted by atomic mass is 10.1. The van der Waals surface area contributed by atoms with E-state index in [1.165, 1.54) is 12.8 Å². The molecule has 2 amide bonds. The van der Waals surface area contributed by atoms with Gasteiger partial charge in [-0.05, 0) is 37.3 Å². The van der Waals surface area contributed by atoms with Crippen LogP contribution in [0.5, 0.6) is 0 Å². The number of hydrogen-bond acceptors (Lipinski definition) is 2. The summed E-state index contributed by atoms with van der Waals surface area (Å²) in [7, 11) is 0. The van der Waals surface area contributed by atoms with Crippen molar-refractivity contribution in [1.82, 2.24) is 4.90 Å². The molecule has 0 bridgehead atoms. The number of benzene rings is 1. The molecular formula is C19H28N2O2. The quantitative estimate of drug-likeness (QED) is 0.870. The number of aryl methyl sites for hydroxylation is 2. The van der Waals surface area contributed by atoms with E-state index in [4.69, 9.17) is 0 Å². The number of hydrogen-bond donors (Lipinski definition) is 1. The lowest BCUT2D eigenvalue weighted by molar-refractivity contribution is -0.131. The highest BCUT2D eigenvalue weighted by Crippen LogP contribution is 2.24. The van der Waals surface area contributed by atoms with Crippen LogP contribution in [0, 0.1) is 6.92 Å². The van der Waals surface area contributed by atoms with E-state index in [1.807, 2.05) is 30.0 Å². The number of carbonyl (C=O) groups is 2. The molecule has 0 unspecified atom stereocenters. The van der Waals surface area contributed by atoms with Gasteiger partial charge in [0.2, 0.25) is 11.8 Å². The zero-order chi connectivity index (χ0) is 16.8. The molecule has 0 spiro atoms. The summed E-state index contributed by atoms with van der Waals surface area (Å²) in [5, 5.41) is 3.04. The molecule has 1 N–H and O–H groups in total. The summed E-state index contributed by atoms with van der Waals surface area (Å²) in [4.78, 5) is 26.1. The van der Waals surface area contributed by atoms with E-state index in [9.17, 15) is 9.59 Å². The van der Waals surface area contributed by atoms with Crippen molar-refractivity contribution in [1.29, 1.82) is 0 Å². The number of para-hydroxylation sites is 1. The molecule has 4 nitrogen and oxygen atoms in total. The number of amides is 2. The molecule has 1 aliphatic carbocycles. The Morgan fingerprint density at radius 3 is 2.57 bits per heavy atom. The van der Waals surface area contributed by atoms with Crippen LogP contribution in [0.1, 0.15) is 57.1 Å². The monoisotopic (exact) mass is 316 g/mol. The second kappa shape index (κ2) is 8.14. The molecule has 0 atom stereocenters. The first-order valence-corrected chi connectivity index (χ1v) is 8.68. The lowest BCUT2D eigenvalue weighted by Gasteiger charge is -2.27. The number of carbonyl (C=O) groups excluding carboxylic acids is 2. The fourth-order valence-electron chi connectivity index (χ4n) is 3.44. The van der Waals surface area contributed by atoms with Gasteiger partial charge < -0.3 is 10.2 Å². The molecule has 1 aliphatic rings. The second-order valence-corrected chi connectivity index (χ2v) is 6.41. The number of nitrogens with one attached hydrogen (secondary N) is 1. The molecule has 1 saturated carbocycles. The number of nitrogens with zero attached hydrogens (tertiary/aromatic N) is 1. The Hall–Kier alpha value is -1.84. The van der Waals surface area contributed by atoms with Crippen molar-refractivity contribution in [2.75, 3.05) is 11.9 Å². The molecule has 0 aromatic heterocycles. The van der Waals surface area contributed by atoms with Gasteiger partial charge in [-0.1, -0.05) is 38.0 Å². The van der Waals surface area contributed by atoms with E-state index < -0.39 is 0 Å². The van der Waals surface area contributed by atoms with E-state index in [-0.39, 0.29) is 11.8 Å². The zero-order valence-electron chi connectivity index (χ0n) is 14.5. The van der Waals surface area contributed by atoms with E-state index in [1.54, 1.807) is 6.92 Å². The van der Waals surface area contributed by atoms with Crippen LogP contribution in [0.25, 0.3) is 0 Å². The summed E-state index contributed by atoms with van der Waals surface area (Å²) in [5.74, 6) is 0.0630. The van der Waals surface area contributed by atoms with Crippen LogP contribution in [-0.2, 0) is 16.0 Å². The van der Waals surface area contributed by atoms with Crippen molar-refractivity contribution in [3.63, 3.8) is 0 Å². The minimum atomic E-state index is -0.0155. The number of rotatable bonds is 6. The summed E-state index contributed by atoms with van der Waals surface area (Å²) in [6.45, 7) is 6.21. The Balaban J connectivity index is 1.95. The van der Waals surface area contributed by atoms with Crippen molar-refractivity contribution in [3.8, 4) is 0 Å². The molecule has 1 aromatic rings. The van der Waals surface area contributed by atoms with Crippen LogP contribution in [-0.4, -0.2) is 29.3 Å². The predicted molar refractivity (Wildman–Crippen MR) is 93.4 cm³/mol. The summed E-state index contributed by atoms with van der Waals surface area (Å²) in [6, 6.07) is 6.39. The minimum absolute atomic E-state index is 0.0155. The van der Waals surface area contributed by atoms with Gasteiger partial charge in [-0.3, -0.25) is 9.59 Å². The van der Waals surface area contributed by atoms with E-state index in [0.29, 0.717) is 19.0 Å². The maximum absolute atomic E-state index is 12.3. The van der Waals surface area contributed by atoms with Crippen molar-refractivity contribution in [2.24, 2.45) is 0 Å². The molecule has 23 heavy (non-hydrogen) atoms. The minimum Gasteiger partial charge on any atom is -0.339 e. The zero-order valence-corrected chi connectivity index (χ0v) is 14.5. The maximum Gasteiger partial charge on any atom is 0.226 e. The summed E-state index contributed by atoms with van der Waals surface area (Å²) in [5.41, 5.74) is 3.16. The van der Waals surface area contributed by atoms with Crippen LogP contribution in [0.2, 0.25) is 0 Å². The van der Waals surface area contributed by atoms with Crippen LogP contribution in [0.15, 0.2) is 18.2 Å². The summed E-state index contributed by atoms with van der Waals surface area (Å²) >= 11 is 0. The van der Waals surface area contributed by atoms with Crippen molar-refractivity contribution in [3.05, 3.63) is 29.3 Å². The van der Waals surface area contributed by atoms with Crippen LogP contribution in [0.3, 0.4) is 0 Å². The summed E-state index contributed by atoms with van der Waals surface area (Å²) < 4.78 is 0. The van der Waals surface area contributed by atoms with Gasteiger partial charge in [-0.25, -0.2) is 0 Å². The molecule has 0 aliphatic heterocycles. The Morgan fingerprint density at radius 1 is 1.26 bits per heavy atom. The highest BCUT2D eigenvalue weighted by atomic mass is 16.2. The van der Waals surface area contributed by atoms with Gasteiger partial charge in [0.15, 0.2) is 0 Å². The largest absolute Gasteiger partial charge is 0.339 e. The van der Waals surface area contributed by atoms with E-state index in [0.717, 1.165) is 36.1 Å². The van der Waals surface area contributed by atoms with E-state index >= 15 is 0 Å².